The fraction of sp³-hybridized carbons (Fsp3) is 0.176. The molecule has 0 aliphatic carbocycles. The molecule has 0 fully saturated rings. The Kier molecular flexibility index (Phi) is 4.06. The van der Waals surface area contributed by atoms with Crippen molar-refractivity contribution in [3.05, 3.63) is 58.9 Å². The number of hydrogen-bond acceptors (Lipinski definition) is 6. The molecule has 0 bridgehead atoms. The Morgan fingerprint density at radius 3 is 2.79 bits per heavy atom. The number of halogens is 1. The molecule has 1 aromatic heterocycles. The van der Waals surface area contributed by atoms with E-state index in [2.05, 4.69) is 15.5 Å². The topological polar surface area (TPSA) is 69.4 Å². The van der Waals surface area contributed by atoms with Crippen LogP contribution in [0.5, 0.6) is 11.5 Å². The molecule has 24 heavy (non-hydrogen) atoms. The molecule has 0 atom stereocenters. The molecule has 1 N–H and O–H groups in total. The van der Waals surface area contributed by atoms with Gasteiger partial charge in [-0.15, -0.1) is 10.2 Å². The largest absolute Gasteiger partial charge is 0.454 e. The van der Waals surface area contributed by atoms with Crippen molar-refractivity contribution in [3.8, 4) is 23.0 Å². The third-order valence-electron chi connectivity index (χ3n) is 3.61. The van der Waals surface area contributed by atoms with Gasteiger partial charge >= 0.3 is 0 Å². The van der Waals surface area contributed by atoms with E-state index in [1.165, 1.54) is 0 Å². The molecule has 2 heterocycles. The first kappa shape index (κ1) is 15.0. The van der Waals surface area contributed by atoms with Crippen molar-refractivity contribution >= 4 is 11.6 Å². The van der Waals surface area contributed by atoms with Crippen LogP contribution < -0.4 is 14.8 Å². The Balaban J connectivity index is 1.38. The van der Waals surface area contributed by atoms with Crippen LogP contribution in [0.4, 0.5) is 0 Å². The van der Waals surface area contributed by atoms with E-state index in [0.717, 1.165) is 22.6 Å². The zero-order valence-electron chi connectivity index (χ0n) is 12.7. The highest BCUT2D eigenvalue weighted by Gasteiger charge is 2.14. The fourth-order valence-electron chi connectivity index (χ4n) is 2.43. The molecule has 3 aromatic rings. The van der Waals surface area contributed by atoms with E-state index < -0.39 is 0 Å². The van der Waals surface area contributed by atoms with Crippen molar-refractivity contribution in [1.82, 2.24) is 15.5 Å². The van der Waals surface area contributed by atoms with E-state index in [0.29, 0.717) is 29.9 Å². The van der Waals surface area contributed by atoms with E-state index in [4.69, 9.17) is 25.5 Å². The second-order valence-corrected chi connectivity index (χ2v) is 5.68. The summed E-state index contributed by atoms with van der Waals surface area (Å²) in [5, 5.41) is 11.9. The maximum atomic E-state index is 6.13. The molecule has 122 valence electrons. The van der Waals surface area contributed by atoms with Gasteiger partial charge in [-0.25, -0.2) is 0 Å². The molecule has 1 aliphatic heterocycles. The number of rotatable bonds is 5. The van der Waals surface area contributed by atoms with E-state index >= 15 is 0 Å². The minimum Gasteiger partial charge on any atom is -0.454 e. The lowest BCUT2D eigenvalue weighted by Crippen LogP contribution is -2.12. The molecular formula is C17H14ClN3O3. The van der Waals surface area contributed by atoms with Gasteiger partial charge in [-0.2, -0.15) is 0 Å². The Morgan fingerprint density at radius 1 is 1.00 bits per heavy atom. The van der Waals surface area contributed by atoms with Gasteiger partial charge in [0.2, 0.25) is 18.6 Å². The van der Waals surface area contributed by atoms with Gasteiger partial charge in [0, 0.05) is 6.54 Å². The molecule has 6 nitrogen and oxygen atoms in total. The van der Waals surface area contributed by atoms with E-state index in [1.807, 2.05) is 36.4 Å². The van der Waals surface area contributed by atoms with Gasteiger partial charge < -0.3 is 19.2 Å². The van der Waals surface area contributed by atoms with Crippen LogP contribution in [0.2, 0.25) is 5.02 Å². The van der Waals surface area contributed by atoms with Crippen LogP contribution in [0.1, 0.15) is 11.5 Å². The van der Waals surface area contributed by atoms with E-state index in [1.54, 1.807) is 6.07 Å². The molecule has 0 saturated carbocycles. The molecular weight excluding hydrogens is 330 g/mol. The summed E-state index contributed by atoms with van der Waals surface area (Å²) in [4.78, 5) is 0. The first-order valence-corrected chi connectivity index (χ1v) is 7.84. The van der Waals surface area contributed by atoms with Gasteiger partial charge in [0.25, 0.3) is 0 Å². The number of fused-ring (bicyclic) bond motifs is 1. The summed E-state index contributed by atoms with van der Waals surface area (Å²) in [6.45, 7) is 1.39. The number of nitrogens with zero attached hydrogens (tertiary/aromatic N) is 2. The minimum atomic E-state index is 0.277. The van der Waals surface area contributed by atoms with Gasteiger partial charge in [0.1, 0.15) is 0 Å². The lowest BCUT2D eigenvalue weighted by atomic mass is 10.2. The quantitative estimate of drug-likeness (QED) is 0.765. The van der Waals surface area contributed by atoms with Crippen molar-refractivity contribution in [2.24, 2.45) is 0 Å². The summed E-state index contributed by atoms with van der Waals surface area (Å²) in [6.07, 6.45) is 0. The summed E-state index contributed by atoms with van der Waals surface area (Å²) >= 11 is 6.13. The van der Waals surface area contributed by atoms with Crippen LogP contribution in [0.15, 0.2) is 46.9 Å². The Labute approximate surface area is 143 Å². The Morgan fingerprint density at radius 2 is 1.88 bits per heavy atom. The minimum absolute atomic E-state index is 0.277. The van der Waals surface area contributed by atoms with Crippen LogP contribution >= 0.6 is 11.6 Å². The molecule has 2 aromatic carbocycles. The van der Waals surface area contributed by atoms with Crippen molar-refractivity contribution < 1.29 is 13.9 Å². The van der Waals surface area contributed by atoms with Gasteiger partial charge in [-0.05, 0) is 29.8 Å². The molecule has 0 unspecified atom stereocenters. The first-order valence-electron chi connectivity index (χ1n) is 7.46. The average molecular weight is 344 g/mol. The average Bonchev–Trinajstić information content (AvgIpc) is 3.24. The van der Waals surface area contributed by atoms with Crippen LogP contribution in [-0.4, -0.2) is 17.0 Å². The molecule has 0 amide bonds. The highest BCUT2D eigenvalue weighted by atomic mass is 35.5. The zero-order chi connectivity index (χ0) is 16.4. The molecule has 4 rings (SSSR count). The molecule has 0 saturated heterocycles. The first-order chi connectivity index (χ1) is 11.8. The van der Waals surface area contributed by atoms with Crippen molar-refractivity contribution in [2.45, 2.75) is 13.1 Å². The fourth-order valence-corrected chi connectivity index (χ4v) is 2.65. The van der Waals surface area contributed by atoms with Crippen molar-refractivity contribution in [1.29, 1.82) is 0 Å². The summed E-state index contributed by atoms with van der Waals surface area (Å²) in [6, 6.07) is 13.2. The molecule has 0 spiro atoms. The second kappa shape index (κ2) is 6.51. The van der Waals surface area contributed by atoms with Crippen LogP contribution in [0.3, 0.4) is 0 Å². The van der Waals surface area contributed by atoms with Crippen molar-refractivity contribution in [3.63, 3.8) is 0 Å². The third kappa shape index (κ3) is 3.06. The highest BCUT2D eigenvalue weighted by molar-refractivity contribution is 6.33. The number of benzene rings is 2. The zero-order valence-corrected chi connectivity index (χ0v) is 13.4. The number of ether oxygens (including phenoxy) is 2. The lowest BCUT2D eigenvalue weighted by Gasteiger charge is -2.03. The highest BCUT2D eigenvalue weighted by Crippen LogP contribution is 2.32. The standard InChI is InChI=1S/C17H14ClN3O3/c18-13-4-2-1-3-12(13)17-21-20-16(24-17)9-19-8-11-5-6-14-15(7-11)23-10-22-14/h1-7,19H,8-10H2. The third-order valence-corrected chi connectivity index (χ3v) is 3.94. The maximum absolute atomic E-state index is 6.13. The lowest BCUT2D eigenvalue weighted by molar-refractivity contribution is 0.174. The van der Waals surface area contributed by atoms with E-state index in [9.17, 15) is 0 Å². The predicted octanol–water partition coefficient (Wildman–Crippen LogP) is 3.41. The Hall–Kier alpha value is -2.57. The SMILES string of the molecule is Clc1ccccc1-c1nnc(CNCc2ccc3c(c2)OCO3)o1. The van der Waals surface area contributed by atoms with Crippen LogP contribution in [-0.2, 0) is 13.1 Å². The maximum Gasteiger partial charge on any atom is 0.249 e. The van der Waals surface area contributed by atoms with Crippen LogP contribution in [0.25, 0.3) is 11.5 Å². The van der Waals surface area contributed by atoms with Crippen LogP contribution in [0, 0.1) is 0 Å². The monoisotopic (exact) mass is 343 g/mol. The molecule has 0 radical (unpaired) electrons. The normalized spacial score (nSPS) is 12.5. The summed E-state index contributed by atoms with van der Waals surface area (Å²) in [7, 11) is 0. The van der Waals surface area contributed by atoms with Gasteiger partial charge in [-0.1, -0.05) is 29.8 Å². The van der Waals surface area contributed by atoms with Gasteiger partial charge in [-0.3, -0.25) is 0 Å². The van der Waals surface area contributed by atoms with Gasteiger partial charge in [0.05, 0.1) is 17.1 Å². The number of nitrogens with one attached hydrogen (secondary N) is 1. The summed E-state index contributed by atoms with van der Waals surface area (Å²) < 4.78 is 16.3. The second-order valence-electron chi connectivity index (χ2n) is 5.27. The van der Waals surface area contributed by atoms with E-state index in [-0.39, 0.29) is 6.79 Å². The Bertz CT molecular complexity index is 866. The van der Waals surface area contributed by atoms with Gasteiger partial charge in [0.15, 0.2) is 11.5 Å². The summed E-state index contributed by atoms with van der Waals surface area (Å²) in [5.41, 5.74) is 1.82. The number of aromatic nitrogens is 2. The number of hydrogen-bond donors (Lipinski definition) is 1. The van der Waals surface area contributed by atoms with Crippen molar-refractivity contribution in [2.75, 3.05) is 6.79 Å². The summed E-state index contributed by atoms with van der Waals surface area (Å²) in [5.74, 6) is 2.47. The smallest absolute Gasteiger partial charge is 0.249 e. The molecule has 1 aliphatic rings. The predicted molar refractivity (Wildman–Crippen MR) is 87.9 cm³/mol. The molecule has 7 heteroatoms.